The summed E-state index contributed by atoms with van der Waals surface area (Å²) in [6.45, 7) is 1.85. The predicted octanol–water partition coefficient (Wildman–Crippen LogP) is 4.22. The SMILES string of the molecule is COC(=O)[C@@H](NC(=O)[C@@H]1CN(C(=O)c2cnn(Cc3ccc(C(F)(F)F)cc3)c2)CC12CN(C(=O)C1(C(F)(F)F)CC1)C2)[C@@H](C)OCC12CCC(CC1)OC2. The smallest absolute Gasteiger partial charge is 0.416 e. The molecule has 4 aliphatic heterocycles. The van der Waals surface area contributed by atoms with Crippen molar-refractivity contribution in [1.82, 2.24) is 24.9 Å². The third-order valence-corrected chi connectivity index (χ3v) is 12.3. The van der Waals surface area contributed by atoms with E-state index in [0.717, 1.165) is 42.7 Å². The van der Waals surface area contributed by atoms with Gasteiger partial charge in [0.05, 0.1) is 62.3 Å². The molecule has 3 amide bonds. The van der Waals surface area contributed by atoms with Crippen molar-refractivity contribution < 1.29 is 59.7 Å². The number of carbonyl (C=O) groups excluding carboxylic acids is 4. The van der Waals surface area contributed by atoms with E-state index in [4.69, 9.17) is 14.2 Å². The number of aromatic nitrogens is 2. The van der Waals surface area contributed by atoms with Gasteiger partial charge in [-0.25, -0.2) is 4.79 Å². The van der Waals surface area contributed by atoms with Crippen molar-refractivity contribution in [3.8, 4) is 0 Å². The minimum atomic E-state index is -4.73. The molecule has 8 rings (SSSR count). The highest BCUT2D eigenvalue weighted by atomic mass is 19.4. The zero-order chi connectivity index (χ0) is 39.6. The molecule has 5 heterocycles. The molecule has 6 aliphatic rings. The molecule has 300 valence electrons. The van der Waals surface area contributed by atoms with E-state index in [1.807, 2.05) is 0 Å². The summed E-state index contributed by atoms with van der Waals surface area (Å²) >= 11 is 0. The summed E-state index contributed by atoms with van der Waals surface area (Å²) in [6, 6.07) is 3.24. The van der Waals surface area contributed by atoms with Gasteiger partial charge in [-0.15, -0.1) is 0 Å². The molecule has 3 atom stereocenters. The molecule has 12 nitrogen and oxygen atoms in total. The zero-order valence-corrected chi connectivity index (χ0v) is 30.4. The Labute approximate surface area is 312 Å². The van der Waals surface area contributed by atoms with Crippen LogP contribution in [0.15, 0.2) is 36.7 Å². The van der Waals surface area contributed by atoms with E-state index in [2.05, 4.69) is 10.4 Å². The van der Waals surface area contributed by atoms with Crippen LogP contribution in [0.25, 0.3) is 0 Å². The van der Waals surface area contributed by atoms with E-state index in [1.54, 1.807) is 6.92 Å². The molecule has 1 aromatic carbocycles. The van der Waals surface area contributed by atoms with Gasteiger partial charge < -0.3 is 29.3 Å². The summed E-state index contributed by atoms with van der Waals surface area (Å²) in [6.07, 6.45) is -4.13. The van der Waals surface area contributed by atoms with Gasteiger partial charge in [-0.1, -0.05) is 12.1 Å². The summed E-state index contributed by atoms with van der Waals surface area (Å²) in [4.78, 5) is 56.6. The van der Waals surface area contributed by atoms with E-state index in [0.29, 0.717) is 18.8 Å². The van der Waals surface area contributed by atoms with Crippen molar-refractivity contribution in [1.29, 1.82) is 0 Å². The van der Waals surface area contributed by atoms with Crippen LogP contribution in [0, 0.1) is 22.2 Å². The minimum absolute atomic E-state index is 0.0578. The molecule has 2 aliphatic carbocycles. The number of likely N-dealkylation sites (tertiary alicyclic amines) is 2. The Morgan fingerprint density at radius 3 is 2.20 bits per heavy atom. The molecule has 0 unspecified atom stereocenters. The number of benzene rings is 1. The second-order valence-corrected chi connectivity index (χ2v) is 16.0. The Balaban J connectivity index is 1.07. The largest absolute Gasteiger partial charge is 0.467 e. The summed E-state index contributed by atoms with van der Waals surface area (Å²) in [5.41, 5.74) is -3.97. The summed E-state index contributed by atoms with van der Waals surface area (Å²) in [7, 11) is 1.17. The molecule has 4 saturated heterocycles. The van der Waals surface area contributed by atoms with E-state index in [9.17, 15) is 45.5 Å². The molecular weight excluding hydrogens is 740 g/mol. The van der Waals surface area contributed by atoms with Crippen molar-refractivity contribution in [2.75, 3.05) is 46.5 Å². The van der Waals surface area contributed by atoms with Crippen molar-refractivity contribution in [3.63, 3.8) is 0 Å². The topological polar surface area (TPSA) is 132 Å². The summed E-state index contributed by atoms with van der Waals surface area (Å²) in [5.74, 6) is -4.05. The second kappa shape index (κ2) is 14.1. The number of nitrogens with zero attached hydrogens (tertiary/aromatic N) is 4. The van der Waals surface area contributed by atoms with Crippen LogP contribution in [0.1, 0.15) is 66.9 Å². The molecule has 18 heteroatoms. The van der Waals surface area contributed by atoms with Crippen LogP contribution in [0.3, 0.4) is 0 Å². The predicted molar refractivity (Wildman–Crippen MR) is 179 cm³/mol. The van der Waals surface area contributed by atoms with Crippen molar-refractivity contribution >= 4 is 23.7 Å². The van der Waals surface area contributed by atoms with Gasteiger partial charge in [-0.05, 0) is 63.1 Å². The lowest BCUT2D eigenvalue weighted by Crippen LogP contribution is -2.66. The summed E-state index contributed by atoms with van der Waals surface area (Å²) in [5, 5.41) is 6.92. The Hall–Kier alpha value is -4.19. The first-order valence-corrected chi connectivity index (χ1v) is 18.3. The standard InChI is InChI=1S/C37H43F6N5O7/c1-22(54-20-33-9-7-26(8-10-33)55-21-33)28(31(51)53-2)45-29(49)27-16-46(17-34(27)18-47(19-34)32(52)35(11-12-35)37(41,42)43)30(50)24-13-44-48(15-24)14-23-3-5-25(6-4-23)36(38,39)40/h3-6,13,15,22,26-28H,7-12,14,16-21H2,1-2H3,(H,45,49)/t22-,26?,27+,28+,33?/m1/s1. The fourth-order valence-corrected chi connectivity index (χ4v) is 8.59. The first-order chi connectivity index (χ1) is 25.9. The lowest BCUT2D eigenvalue weighted by Gasteiger charge is -2.51. The number of hydrogen-bond donors (Lipinski definition) is 1. The number of hydrogen-bond acceptors (Lipinski definition) is 8. The second-order valence-electron chi connectivity index (χ2n) is 16.0. The van der Waals surface area contributed by atoms with Crippen LogP contribution in [-0.2, 0) is 41.3 Å². The van der Waals surface area contributed by atoms with Gasteiger partial charge in [-0.2, -0.15) is 31.4 Å². The van der Waals surface area contributed by atoms with Crippen LogP contribution < -0.4 is 5.32 Å². The lowest BCUT2D eigenvalue weighted by molar-refractivity contribution is -0.205. The normalized spacial score (nSPS) is 26.3. The van der Waals surface area contributed by atoms with Crippen molar-refractivity contribution in [3.05, 3.63) is 53.3 Å². The maximum atomic E-state index is 14.2. The number of ether oxygens (including phenoxy) is 3. The number of fused-ring (bicyclic) bond motifs is 3. The van der Waals surface area contributed by atoms with E-state index >= 15 is 0 Å². The fourth-order valence-electron chi connectivity index (χ4n) is 8.59. The number of amides is 3. The number of nitrogens with one attached hydrogen (secondary N) is 1. The van der Waals surface area contributed by atoms with Crippen LogP contribution >= 0.6 is 0 Å². The zero-order valence-electron chi connectivity index (χ0n) is 30.4. The first kappa shape index (κ1) is 39.1. The Morgan fingerprint density at radius 2 is 1.64 bits per heavy atom. The monoisotopic (exact) mass is 783 g/mol. The Bertz CT molecular complexity index is 1780. The molecule has 2 aromatic rings. The highest BCUT2D eigenvalue weighted by molar-refractivity contribution is 5.95. The first-order valence-electron chi connectivity index (χ1n) is 18.3. The van der Waals surface area contributed by atoms with Crippen molar-refractivity contribution in [2.45, 2.75) is 82.6 Å². The van der Waals surface area contributed by atoms with Gasteiger partial charge >= 0.3 is 18.3 Å². The molecule has 1 N–H and O–H groups in total. The van der Waals surface area contributed by atoms with Crippen LogP contribution in [0.4, 0.5) is 26.3 Å². The van der Waals surface area contributed by atoms with Crippen LogP contribution in [0.5, 0.6) is 0 Å². The molecule has 2 saturated carbocycles. The van der Waals surface area contributed by atoms with Gasteiger partial charge in [0.2, 0.25) is 11.8 Å². The number of carbonyl (C=O) groups is 4. The number of methoxy groups -OCH3 is 1. The third-order valence-electron chi connectivity index (χ3n) is 12.3. The quantitative estimate of drug-likeness (QED) is 0.265. The average molecular weight is 784 g/mol. The number of halogens is 6. The number of alkyl halides is 6. The van der Waals surface area contributed by atoms with Gasteiger partial charge in [-0.3, -0.25) is 19.1 Å². The molecular formula is C37H43F6N5O7. The summed E-state index contributed by atoms with van der Waals surface area (Å²) < 4.78 is 99.1. The molecule has 1 aromatic heterocycles. The highest BCUT2D eigenvalue weighted by Gasteiger charge is 2.71. The van der Waals surface area contributed by atoms with E-state index < -0.39 is 70.5 Å². The number of esters is 1. The average Bonchev–Trinajstić information content (AvgIpc) is 3.69. The third kappa shape index (κ3) is 7.43. The van der Waals surface area contributed by atoms with Gasteiger partial charge in [0, 0.05) is 43.2 Å². The van der Waals surface area contributed by atoms with Gasteiger partial charge in [0.1, 0.15) is 5.41 Å². The molecule has 6 fully saturated rings. The minimum Gasteiger partial charge on any atom is -0.467 e. The van der Waals surface area contributed by atoms with Gasteiger partial charge in [0.15, 0.2) is 6.04 Å². The van der Waals surface area contributed by atoms with Crippen LogP contribution in [0.2, 0.25) is 0 Å². The lowest BCUT2D eigenvalue weighted by atomic mass is 9.70. The fraction of sp³-hybridized carbons (Fsp3) is 0.649. The van der Waals surface area contributed by atoms with E-state index in [-0.39, 0.29) is 62.6 Å². The molecule has 2 bridgehead atoms. The van der Waals surface area contributed by atoms with E-state index in [1.165, 1.54) is 41.2 Å². The molecule has 1 spiro atoms. The highest BCUT2D eigenvalue weighted by Crippen LogP contribution is 2.60. The molecule has 55 heavy (non-hydrogen) atoms. The Morgan fingerprint density at radius 1 is 0.982 bits per heavy atom. The molecule has 0 radical (unpaired) electrons. The Kier molecular flexibility index (Phi) is 10.00. The van der Waals surface area contributed by atoms with Gasteiger partial charge in [0.25, 0.3) is 5.91 Å². The maximum Gasteiger partial charge on any atom is 0.416 e. The number of rotatable bonds is 11. The van der Waals surface area contributed by atoms with Crippen molar-refractivity contribution in [2.24, 2.45) is 22.2 Å². The van der Waals surface area contributed by atoms with Crippen LogP contribution in [-0.4, -0.2) is 114 Å². The maximum absolute atomic E-state index is 14.2.